The molecule has 2 unspecified atom stereocenters. The van der Waals surface area contributed by atoms with E-state index in [0.29, 0.717) is 23.9 Å². The summed E-state index contributed by atoms with van der Waals surface area (Å²) in [5, 5.41) is 11.8. The molecule has 0 aromatic rings. The lowest BCUT2D eigenvalue weighted by atomic mass is 10.0. The highest BCUT2D eigenvalue weighted by Crippen LogP contribution is 2.18. The van der Waals surface area contributed by atoms with Crippen LogP contribution in [0.1, 0.15) is 348 Å². The van der Waals surface area contributed by atoms with Gasteiger partial charge in [0.25, 0.3) is 0 Å². The van der Waals surface area contributed by atoms with Gasteiger partial charge in [0.2, 0.25) is 0 Å². The zero-order valence-electron chi connectivity index (χ0n) is 59.0. The van der Waals surface area contributed by atoms with Crippen molar-refractivity contribution in [3.63, 3.8) is 0 Å². The molecular weight excluding hydrogens is 1100 g/mol. The summed E-state index contributed by atoms with van der Waals surface area (Å²) in [5.74, 6) is -2.26. The maximum atomic E-state index is 13.0. The van der Waals surface area contributed by atoms with Crippen molar-refractivity contribution in [1.29, 1.82) is 0 Å². The van der Waals surface area contributed by atoms with Crippen LogP contribution in [0.25, 0.3) is 0 Å². The number of esters is 2. The number of quaternary nitrogens is 1. The highest BCUT2D eigenvalue weighted by Gasteiger charge is 2.22. The Morgan fingerprint density at radius 2 is 0.640 bits per heavy atom. The zero-order chi connectivity index (χ0) is 64.7. The highest BCUT2D eigenvalue weighted by molar-refractivity contribution is 5.70. The zero-order valence-corrected chi connectivity index (χ0v) is 59.0. The average molecular weight is 1250 g/mol. The van der Waals surface area contributed by atoms with E-state index < -0.39 is 24.3 Å². The van der Waals surface area contributed by atoms with Crippen molar-refractivity contribution in [1.82, 2.24) is 0 Å². The first-order chi connectivity index (χ1) is 43.6. The lowest BCUT2D eigenvalue weighted by Gasteiger charge is -2.26. The predicted molar refractivity (Wildman–Crippen MR) is 380 cm³/mol. The van der Waals surface area contributed by atoms with Crippen molar-refractivity contribution >= 4 is 17.9 Å². The molecule has 2 atom stereocenters. The smallest absolute Gasteiger partial charge is 0.306 e. The molecule has 0 saturated heterocycles. The van der Waals surface area contributed by atoms with Crippen molar-refractivity contribution in [3.8, 4) is 0 Å². The number of carboxylic acids is 1. The van der Waals surface area contributed by atoms with Crippen LogP contribution in [0.2, 0.25) is 0 Å². The monoisotopic (exact) mass is 1250 g/mol. The summed E-state index contributed by atoms with van der Waals surface area (Å²) < 4.78 is 22.9. The molecular formula is C80H143NO8. The topological polar surface area (TPSA) is 111 Å². The number of rotatable bonds is 70. The Hall–Kier alpha value is -3.53. The summed E-state index contributed by atoms with van der Waals surface area (Å²) >= 11 is 0. The number of allylic oxidation sites excluding steroid dienone is 14. The number of nitrogens with zero attached hydrogens (tertiary/aromatic N) is 1. The number of hydrogen-bond acceptors (Lipinski definition) is 8. The number of carboxylic acid groups (broad SMARTS) is 1. The summed E-state index contributed by atoms with van der Waals surface area (Å²) in [7, 11) is 5.94. The van der Waals surface area contributed by atoms with Gasteiger partial charge >= 0.3 is 11.9 Å². The Morgan fingerprint density at radius 1 is 0.348 bits per heavy atom. The van der Waals surface area contributed by atoms with E-state index in [4.69, 9.17) is 18.9 Å². The van der Waals surface area contributed by atoms with E-state index in [9.17, 15) is 19.5 Å². The molecule has 0 N–H and O–H groups in total. The summed E-state index contributed by atoms with van der Waals surface area (Å²) in [6.45, 7) is 4.67. The molecule has 0 aliphatic rings. The van der Waals surface area contributed by atoms with E-state index in [0.717, 1.165) is 70.6 Å². The van der Waals surface area contributed by atoms with Gasteiger partial charge in [-0.25, -0.2) is 0 Å². The molecule has 0 saturated carbocycles. The summed E-state index contributed by atoms with van der Waals surface area (Å²) in [6.07, 6.45) is 92.5. The van der Waals surface area contributed by atoms with Gasteiger partial charge in [-0.1, -0.05) is 330 Å². The van der Waals surface area contributed by atoms with Gasteiger partial charge in [0.1, 0.15) is 13.2 Å². The summed E-state index contributed by atoms with van der Waals surface area (Å²) in [6, 6.07) is 0. The van der Waals surface area contributed by atoms with Gasteiger partial charge in [-0.3, -0.25) is 9.59 Å². The molecule has 0 amide bonds. The molecule has 516 valence electrons. The minimum Gasteiger partial charge on any atom is -0.545 e. The second-order valence-corrected chi connectivity index (χ2v) is 26.6. The normalized spacial score (nSPS) is 13.1. The fourth-order valence-electron chi connectivity index (χ4n) is 10.9. The van der Waals surface area contributed by atoms with Gasteiger partial charge in [-0.15, -0.1) is 0 Å². The number of unbranched alkanes of at least 4 members (excludes halogenated alkanes) is 41. The van der Waals surface area contributed by atoms with Crippen LogP contribution in [0.4, 0.5) is 0 Å². The first-order valence-corrected chi connectivity index (χ1v) is 37.7. The van der Waals surface area contributed by atoms with Gasteiger partial charge in [-0.2, -0.15) is 0 Å². The summed E-state index contributed by atoms with van der Waals surface area (Å²) in [4.78, 5) is 37.6. The molecule has 9 nitrogen and oxygen atoms in total. The molecule has 0 radical (unpaired) electrons. The van der Waals surface area contributed by atoms with Crippen LogP contribution in [0.15, 0.2) is 85.1 Å². The fourth-order valence-corrected chi connectivity index (χ4v) is 10.9. The number of aliphatic carboxylic acids is 1. The minimum atomic E-state index is -1.62. The third-order valence-electron chi connectivity index (χ3n) is 16.6. The van der Waals surface area contributed by atoms with Gasteiger partial charge in [0.15, 0.2) is 12.4 Å². The van der Waals surface area contributed by atoms with Crippen LogP contribution in [0.5, 0.6) is 0 Å². The highest BCUT2D eigenvalue weighted by atomic mass is 16.7. The Labute approximate surface area is 550 Å². The molecule has 9 heteroatoms. The molecule has 0 aliphatic carbocycles. The Bertz CT molecular complexity index is 1740. The number of carbonyl (C=O) groups excluding carboxylic acids is 3. The maximum Gasteiger partial charge on any atom is 0.306 e. The van der Waals surface area contributed by atoms with E-state index in [1.807, 2.05) is 21.1 Å². The first kappa shape index (κ1) is 85.5. The van der Waals surface area contributed by atoms with Gasteiger partial charge in [-0.05, 0) is 89.9 Å². The molecule has 0 aromatic carbocycles. The molecule has 0 fully saturated rings. The van der Waals surface area contributed by atoms with Crippen molar-refractivity contribution in [2.75, 3.05) is 47.5 Å². The van der Waals surface area contributed by atoms with Crippen LogP contribution in [0.3, 0.4) is 0 Å². The lowest BCUT2D eigenvalue weighted by molar-refractivity contribution is -0.870. The first-order valence-electron chi connectivity index (χ1n) is 37.7. The van der Waals surface area contributed by atoms with Crippen molar-refractivity contribution in [2.24, 2.45) is 0 Å². The van der Waals surface area contributed by atoms with E-state index in [-0.39, 0.29) is 32.2 Å². The number of carbonyl (C=O) groups is 3. The van der Waals surface area contributed by atoms with Crippen molar-refractivity contribution in [3.05, 3.63) is 85.1 Å². The third kappa shape index (κ3) is 71.8. The van der Waals surface area contributed by atoms with E-state index >= 15 is 0 Å². The SMILES string of the molecule is CC/C=C\C/C=C\C/C=C\C/C=C\CCCCCCCCCCCCCCCCCCCCCCC(=O)OC(COC(=O)CCCCCCCCCCCCCCCCCC/C=C\C/C=C\C/C=C\CCCCCCC)COC(OCC[N+](C)(C)C)C(=O)[O-]. The number of likely N-dealkylation sites (N-methyl/N-ethyl adjacent to an activating group) is 1. The summed E-state index contributed by atoms with van der Waals surface area (Å²) in [5.41, 5.74) is 0. The second kappa shape index (κ2) is 70.3. The van der Waals surface area contributed by atoms with Crippen LogP contribution in [0, 0.1) is 0 Å². The lowest BCUT2D eigenvalue weighted by Crippen LogP contribution is -2.44. The van der Waals surface area contributed by atoms with Crippen molar-refractivity contribution in [2.45, 2.75) is 360 Å². The van der Waals surface area contributed by atoms with E-state index in [2.05, 4.69) is 98.9 Å². The third-order valence-corrected chi connectivity index (χ3v) is 16.6. The molecule has 0 heterocycles. The second-order valence-electron chi connectivity index (χ2n) is 26.6. The molecule has 0 bridgehead atoms. The molecule has 89 heavy (non-hydrogen) atoms. The quantitative estimate of drug-likeness (QED) is 0.0195. The van der Waals surface area contributed by atoms with Crippen molar-refractivity contribution < 1.29 is 42.9 Å². The van der Waals surface area contributed by atoms with E-state index in [1.165, 1.54) is 244 Å². The Kier molecular flexibility index (Phi) is 67.6. The van der Waals surface area contributed by atoms with Crippen LogP contribution in [-0.4, -0.2) is 82.3 Å². The largest absolute Gasteiger partial charge is 0.545 e. The Balaban J connectivity index is 4.04. The van der Waals surface area contributed by atoms with Crippen LogP contribution < -0.4 is 5.11 Å². The Morgan fingerprint density at radius 3 is 0.955 bits per heavy atom. The van der Waals surface area contributed by atoms with Gasteiger partial charge in [0.05, 0.1) is 40.3 Å². The minimum absolute atomic E-state index is 0.148. The van der Waals surface area contributed by atoms with Crippen LogP contribution >= 0.6 is 0 Å². The van der Waals surface area contributed by atoms with E-state index in [1.54, 1.807) is 0 Å². The number of ether oxygens (including phenoxy) is 4. The maximum absolute atomic E-state index is 13.0. The van der Waals surface area contributed by atoms with Crippen LogP contribution in [-0.2, 0) is 33.3 Å². The van der Waals surface area contributed by atoms with Gasteiger partial charge in [0, 0.05) is 12.8 Å². The average Bonchev–Trinajstić information content (AvgIpc) is 3.64. The molecule has 0 spiro atoms. The fraction of sp³-hybridized carbons (Fsp3) is 0.787. The molecule has 0 rings (SSSR count). The number of hydrogen-bond donors (Lipinski definition) is 0. The standard InChI is InChI=1S/C80H143NO8/c1-6-8-10-12-14-16-18-20-22-24-26-28-30-32-34-36-38-39-41-43-45-47-49-51-53-55-57-59-61-63-65-67-69-71-78(83)89-76(75-88-80(79(84)85)86-73-72-81(3,4)5)74-87-77(82)70-68-66-64-62-60-58-56-54-52-50-48-46-44-42-40-37-35-33-31-29-27-25-23-21-19-17-15-13-11-9-7-2/h8,10,14,16,19-22,25-28,31,33,76,80H,6-7,9,11-13,15,17-18,23-24,29-30,32,34-75H2,1-5H3/b10-8-,16-14-,21-19-,22-20-,27-25-,28-26-,33-31-. The van der Waals surface area contributed by atoms with Gasteiger partial charge < -0.3 is 33.3 Å². The predicted octanol–water partition coefficient (Wildman–Crippen LogP) is 22.5. The molecule has 0 aliphatic heterocycles. The molecule has 0 aromatic heterocycles.